The van der Waals surface area contributed by atoms with Crippen molar-refractivity contribution in [1.82, 2.24) is 4.90 Å². The molecule has 1 aromatic carbocycles. The van der Waals surface area contributed by atoms with Gasteiger partial charge in [-0.25, -0.2) is 4.39 Å². The van der Waals surface area contributed by atoms with Gasteiger partial charge >= 0.3 is 0 Å². The Morgan fingerprint density at radius 1 is 1.35 bits per heavy atom. The fraction of sp³-hybridized carbons (Fsp3) is 0.467. The van der Waals surface area contributed by atoms with Crippen LogP contribution in [0.4, 0.5) is 4.39 Å². The fourth-order valence-electron chi connectivity index (χ4n) is 2.34. The summed E-state index contributed by atoms with van der Waals surface area (Å²) in [6.45, 7) is 7.83. The maximum atomic E-state index is 14.1. The van der Waals surface area contributed by atoms with E-state index in [9.17, 15) is 4.39 Å². The van der Waals surface area contributed by atoms with Crippen LogP contribution in [-0.2, 0) is 0 Å². The molecule has 2 aliphatic heterocycles. The monoisotopic (exact) mass is 291 g/mol. The lowest BCUT2D eigenvalue weighted by atomic mass is 10.1. The number of aliphatic imine (C=N–C) groups is 2. The number of thioether (sulfide) groups is 1. The lowest BCUT2D eigenvalue weighted by Crippen LogP contribution is -2.43. The van der Waals surface area contributed by atoms with Crippen molar-refractivity contribution in [3.05, 3.63) is 29.6 Å². The van der Waals surface area contributed by atoms with Crippen LogP contribution in [0.5, 0.6) is 0 Å². The van der Waals surface area contributed by atoms with Crippen LogP contribution in [0.1, 0.15) is 32.8 Å². The third-order valence-electron chi connectivity index (χ3n) is 3.12. The standard InChI is InChI=1S/C15H18FN3S/c1-15(2,3)18-14-19-9-5-8-17-13(19)12-10(16)6-4-7-11(12)20-14/h4,6-7H,5,8-9H2,1-3H3. The summed E-state index contributed by atoms with van der Waals surface area (Å²) in [4.78, 5) is 12.3. The Labute approximate surface area is 123 Å². The van der Waals surface area contributed by atoms with E-state index in [4.69, 9.17) is 4.99 Å². The van der Waals surface area contributed by atoms with Crippen LogP contribution < -0.4 is 0 Å². The quantitative estimate of drug-likeness (QED) is 0.731. The van der Waals surface area contributed by atoms with Gasteiger partial charge in [0.2, 0.25) is 0 Å². The molecule has 0 bridgehead atoms. The van der Waals surface area contributed by atoms with Gasteiger partial charge in [-0.05, 0) is 39.3 Å². The van der Waals surface area contributed by atoms with Gasteiger partial charge in [0.1, 0.15) is 11.7 Å². The third kappa shape index (κ3) is 2.46. The summed E-state index contributed by atoms with van der Waals surface area (Å²) < 4.78 is 14.1. The molecule has 0 aliphatic carbocycles. The van der Waals surface area contributed by atoms with Gasteiger partial charge in [0, 0.05) is 18.0 Å². The molecule has 0 amide bonds. The molecule has 20 heavy (non-hydrogen) atoms. The number of benzene rings is 1. The molecule has 2 heterocycles. The van der Waals surface area contributed by atoms with Crippen molar-refractivity contribution in [2.75, 3.05) is 13.1 Å². The first kappa shape index (κ1) is 13.6. The molecule has 0 N–H and O–H groups in total. The van der Waals surface area contributed by atoms with E-state index >= 15 is 0 Å². The first-order valence-electron chi connectivity index (χ1n) is 6.84. The molecular weight excluding hydrogens is 273 g/mol. The van der Waals surface area contributed by atoms with Crippen LogP contribution in [0, 0.1) is 5.82 Å². The summed E-state index contributed by atoms with van der Waals surface area (Å²) in [6, 6.07) is 5.19. The number of rotatable bonds is 0. The molecule has 0 atom stereocenters. The first-order valence-corrected chi connectivity index (χ1v) is 7.66. The molecule has 5 heteroatoms. The zero-order chi connectivity index (χ0) is 14.3. The molecule has 1 aromatic rings. The highest BCUT2D eigenvalue weighted by Gasteiger charge is 2.33. The van der Waals surface area contributed by atoms with E-state index in [2.05, 4.69) is 30.7 Å². The van der Waals surface area contributed by atoms with E-state index in [1.807, 2.05) is 6.07 Å². The van der Waals surface area contributed by atoms with Crippen molar-refractivity contribution in [3.63, 3.8) is 0 Å². The number of hydrogen-bond acceptors (Lipinski definition) is 3. The smallest absolute Gasteiger partial charge is 0.170 e. The molecule has 3 nitrogen and oxygen atoms in total. The second-order valence-electron chi connectivity index (χ2n) is 5.99. The molecular formula is C15H18FN3S. The normalized spacial score (nSPS) is 20.5. The summed E-state index contributed by atoms with van der Waals surface area (Å²) in [6.07, 6.45) is 0.983. The summed E-state index contributed by atoms with van der Waals surface area (Å²) in [5.74, 6) is 0.543. The van der Waals surface area contributed by atoms with E-state index in [1.54, 1.807) is 6.07 Å². The number of fused-ring (bicyclic) bond motifs is 3. The average molecular weight is 291 g/mol. The van der Waals surface area contributed by atoms with Gasteiger partial charge in [0.25, 0.3) is 0 Å². The Morgan fingerprint density at radius 3 is 2.90 bits per heavy atom. The van der Waals surface area contributed by atoms with E-state index in [0.717, 1.165) is 35.4 Å². The van der Waals surface area contributed by atoms with Gasteiger partial charge in [-0.3, -0.25) is 9.98 Å². The minimum atomic E-state index is -0.199. The lowest BCUT2D eigenvalue weighted by Gasteiger charge is -2.36. The molecule has 0 spiro atoms. The van der Waals surface area contributed by atoms with Gasteiger partial charge in [0.05, 0.1) is 11.1 Å². The van der Waals surface area contributed by atoms with Crippen molar-refractivity contribution in [2.24, 2.45) is 9.98 Å². The molecule has 3 rings (SSSR count). The van der Waals surface area contributed by atoms with Crippen LogP contribution >= 0.6 is 11.8 Å². The van der Waals surface area contributed by atoms with E-state index in [0.29, 0.717) is 5.56 Å². The molecule has 0 saturated heterocycles. The highest BCUT2D eigenvalue weighted by molar-refractivity contribution is 8.14. The Balaban J connectivity index is 2.15. The van der Waals surface area contributed by atoms with Crippen molar-refractivity contribution in [1.29, 1.82) is 0 Å². The number of nitrogens with zero attached hydrogens (tertiary/aromatic N) is 3. The maximum absolute atomic E-state index is 14.1. The zero-order valence-corrected chi connectivity index (χ0v) is 12.8. The van der Waals surface area contributed by atoms with Gasteiger partial charge < -0.3 is 4.90 Å². The van der Waals surface area contributed by atoms with E-state index < -0.39 is 0 Å². The van der Waals surface area contributed by atoms with Crippen LogP contribution in [-0.4, -0.2) is 34.5 Å². The van der Waals surface area contributed by atoms with Crippen molar-refractivity contribution in [2.45, 2.75) is 37.6 Å². The second kappa shape index (κ2) is 4.88. The van der Waals surface area contributed by atoms with Crippen LogP contribution in [0.25, 0.3) is 0 Å². The highest BCUT2D eigenvalue weighted by Crippen LogP contribution is 2.36. The number of halogens is 1. The molecule has 0 saturated carbocycles. The Kier molecular flexibility index (Phi) is 3.32. The molecule has 0 unspecified atom stereocenters. The predicted molar refractivity (Wildman–Crippen MR) is 82.2 cm³/mol. The summed E-state index contributed by atoms with van der Waals surface area (Å²) in [5.41, 5.74) is 0.473. The third-order valence-corrected chi connectivity index (χ3v) is 4.17. The molecule has 0 fully saturated rings. The summed E-state index contributed by atoms with van der Waals surface area (Å²) in [7, 11) is 0. The van der Waals surface area contributed by atoms with Crippen LogP contribution in [0.15, 0.2) is 33.1 Å². The summed E-state index contributed by atoms with van der Waals surface area (Å²) >= 11 is 1.54. The van der Waals surface area contributed by atoms with Crippen molar-refractivity contribution < 1.29 is 4.39 Å². The minimum Gasteiger partial charge on any atom is -0.305 e. The molecule has 2 aliphatic rings. The van der Waals surface area contributed by atoms with Crippen molar-refractivity contribution >= 4 is 22.8 Å². The SMILES string of the molecule is CC(C)(C)N=C1Sc2cccc(F)c2C2=NCCCN12. The first-order chi connectivity index (χ1) is 9.46. The lowest BCUT2D eigenvalue weighted by molar-refractivity contribution is 0.522. The molecule has 0 aromatic heterocycles. The van der Waals surface area contributed by atoms with E-state index in [-0.39, 0.29) is 11.4 Å². The minimum absolute atomic E-state index is 0.157. The maximum Gasteiger partial charge on any atom is 0.170 e. The van der Waals surface area contributed by atoms with Crippen LogP contribution in [0.2, 0.25) is 0 Å². The van der Waals surface area contributed by atoms with E-state index in [1.165, 1.54) is 17.8 Å². The molecule has 0 radical (unpaired) electrons. The molecule has 106 valence electrons. The number of amidine groups is 2. The summed E-state index contributed by atoms with van der Waals surface area (Å²) in [5, 5.41) is 0.925. The van der Waals surface area contributed by atoms with Gasteiger partial charge in [-0.15, -0.1) is 0 Å². The topological polar surface area (TPSA) is 28.0 Å². The zero-order valence-electron chi connectivity index (χ0n) is 12.0. The second-order valence-corrected chi connectivity index (χ2v) is 7.00. The van der Waals surface area contributed by atoms with Gasteiger partial charge in [0.15, 0.2) is 5.17 Å². The Bertz CT molecular complexity index is 602. The van der Waals surface area contributed by atoms with Crippen molar-refractivity contribution in [3.8, 4) is 0 Å². The predicted octanol–water partition coefficient (Wildman–Crippen LogP) is 3.54. The largest absolute Gasteiger partial charge is 0.305 e. The Morgan fingerprint density at radius 2 is 2.15 bits per heavy atom. The van der Waals surface area contributed by atoms with Crippen LogP contribution in [0.3, 0.4) is 0 Å². The van der Waals surface area contributed by atoms with Gasteiger partial charge in [-0.2, -0.15) is 0 Å². The van der Waals surface area contributed by atoms with Gasteiger partial charge in [-0.1, -0.05) is 17.8 Å². The Hall–Kier alpha value is -1.36. The fourth-order valence-corrected chi connectivity index (χ4v) is 3.58. The highest BCUT2D eigenvalue weighted by atomic mass is 32.2. The number of hydrogen-bond donors (Lipinski definition) is 0. The average Bonchev–Trinajstić information content (AvgIpc) is 2.37.